The van der Waals surface area contributed by atoms with Crippen LogP contribution in [0.2, 0.25) is 0 Å². The normalized spacial score (nSPS) is 18.4. The molecule has 6 aromatic rings. The molecule has 0 bridgehead atoms. The van der Waals surface area contributed by atoms with Gasteiger partial charge in [-0.25, -0.2) is 0 Å². The van der Waals surface area contributed by atoms with Gasteiger partial charge in [-0.1, -0.05) is 6.07 Å². The summed E-state index contributed by atoms with van der Waals surface area (Å²) in [6.07, 6.45) is 7.96. The van der Waals surface area contributed by atoms with E-state index in [1.54, 1.807) is 12.4 Å². The third-order valence-electron chi connectivity index (χ3n) is 7.38. The number of rotatable bonds is 0. The van der Waals surface area contributed by atoms with Gasteiger partial charge in [-0.2, -0.15) is 0 Å². The Hall–Kier alpha value is -4.38. The number of pyridine rings is 2. The van der Waals surface area contributed by atoms with Crippen LogP contribution < -0.4 is 13.9 Å². The van der Waals surface area contributed by atoms with Crippen LogP contribution in [0.4, 0.5) is 0 Å². The molecule has 1 atom stereocenters. The summed E-state index contributed by atoms with van der Waals surface area (Å²) in [4.78, 5) is 9.50. The fourth-order valence-electron chi connectivity index (χ4n) is 6.39. The monoisotopic (exact) mass is 410 g/mol. The van der Waals surface area contributed by atoms with E-state index in [4.69, 9.17) is 14.7 Å². The number of ether oxygens (including phenoxy) is 1. The molecule has 0 amide bonds. The number of hydrogen-bond acceptors (Lipinski definition) is 3. The zero-order chi connectivity index (χ0) is 20.6. The summed E-state index contributed by atoms with van der Waals surface area (Å²) in [5.74, 6) is 1.82. The molecule has 3 aliphatic rings. The standard InChI is InChI=1S/C27H14N4O/c1-2-13-30-18(7-1)15-5-3-8-19-22(15)27(30)23-20(32-19)10-9-16-21(23)26-17(6-4-14-31(26)27)25-24(16)28-11-12-29-25/h1-14H/q+2. The SMILES string of the molecule is c1cc2c3c(c1)-c1cccc[n+]1C31c3c(ccc4c5nccnc5c5ccc[n+]1c5c34)O2. The molecule has 5 heteroatoms. The van der Waals surface area contributed by atoms with Gasteiger partial charge in [0.1, 0.15) is 17.0 Å². The number of aromatic nitrogens is 4. The number of hydrogen-bond donors (Lipinski definition) is 0. The van der Waals surface area contributed by atoms with Crippen molar-refractivity contribution in [2.24, 2.45) is 0 Å². The Bertz CT molecular complexity index is 1880. The van der Waals surface area contributed by atoms with E-state index in [1.165, 1.54) is 33.3 Å². The summed E-state index contributed by atoms with van der Waals surface area (Å²) in [6, 6.07) is 21.3. The second-order valence-electron chi connectivity index (χ2n) is 8.66. The molecule has 32 heavy (non-hydrogen) atoms. The van der Waals surface area contributed by atoms with Crippen LogP contribution >= 0.6 is 0 Å². The van der Waals surface area contributed by atoms with Crippen molar-refractivity contribution in [1.82, 2.24) is 9.97 Å². The van der Waals surface area contributed by atoms with Crippen molar-refractivity contribution in [3.63, 3.8) is 0 Å². The van der Waals surface area contributed by atoms with Crippen LogP contribution in [-0.4, -0.2) is 9.97 Å². The molecule has 1 unspecified atom stereocenters. The summed E-state index contributed by atoms with van der Waals surface area (Å²) in [6.45, 7) is 0. The Kier molecular flexibility index (Phi) is 2.29. The van der Waals surface area contributed by atoms with E-state index in [2.05, 4.69) is 82.2 Å². The maximum Gasteiger partial charge on any atom is 0.425 e. The van der Waals surface area contributed by atoms with E-state index in [-0.39, 0.29) is 0 Å². The van der Waals surface area contributed by atoms with Crippen molar-refractivity contribution in [3.05, 3.63) is 96.6 Å². The summed E-state index contributed by atoms with van der Waals surface area (Å²) in [5, 5.41) is 3.44. The van der Waals surface area contributed by atoms with Gasteiger partial charge in [0.15, 0.2) is 23.5 Å². The van der Waals surface area contributed by atoms with Gasteiger partial charge in [-0.3, -0.25) is 9.97 Å². The second kappa shape index (κ2) is 4.75. The molecule has 0 aliphatic carbocycles. The molecule has 5 nitrogen and oxygen atoms in total. The largest absolute Gasteiger partial charge is 0.456 e. The van der Waals surface area contributed by atoms with Gasteiger partial charge >= 0.3 is 5.66 Å². The van der Waals surface area contributed by atoms with Crippen molar-refractivity contribution in [2.45, 2.75) is 5.66 Å². The van der Waals surface area contributed by atoms with Crippen LogP contribution in [0.25, 0.3) is 44.0 Å². The summed E-state index contributed by atoms with van der Waals surface area (Å²) < 4.78 is 11.4. The Balaban J connectivity index is 1.66. The lowest BCUT2D eigenvalue weighted by molar-refractivity contribution is -0.950. The quantitative estimate of drug-likeness (QED) is 0.278. The zero-order valence-electron chi connectivity index (χ0n) is 16.8. The fourth-order valence-corrected chi connectivity index (χ4v) is 6.39. The van der Waals surface area contributed by atoms with Crippen molar-refractivity contribution in [2.75, 3.05) is 0 Å². The lowest BCUT2D eigenvalue weighted by Crippen LogP contribution is -2.71. The van der Waals surface area contributed by atoms with E-state index in [9.17, 15) is 0 Å². The molecular formula is C27H14N4O+2. The maximum absolute atomic E-state index is 6.56. The first-order chi connectivity index (χ1) is 15.9. The molecule has 0 N–H and O–H groups in total. The lowest BCUT2D eigenvalue weighted by Gasteiger charge is -2.25. The topological polar surface area (TPSA) is 42.8 Å². The molecule has 3 aromatic carbocycles. The molecule has 1 spiro atoms. The Morgan fingerprint density at radius 3 is 2.47 bits per heavy atom. The molecule has 0 fully saturated rings. The first kappa shape index (κ1) is 15.4. The van der Waals surface area contributed by atoms with Gasteiger partial charge in [-0.05, 0) is 36.4 Å². The van der Waals surface area contributed by atoms with Crippen molar-refractivity contribution < 1.29 is 13.9 Å². The predicted molar refractivity (Wildman–Crippen MR) is 118 cm³/mol. The molecule has 3 aliphatic heterocycles. The van der Waals surface area contributed by atoms with Crippen molar-refractivity contribution in [1.29, 1.82) is 0 Å². The molecule has 146 valence electrons. The van der Waals surface area contributed by atoms with Crippen LogP contribution in [0.1, 0.15) is 11.1 Å². The lowest BCUT2D eigenvalue weighted by atomic mass is 9.86. The summed E-state index contributed by atoms with van der Waals surface area (Å²) in [5.41, 5.74) is 7.31. The number of benzene rings is 3. The minimum absolute atomic E-state index is 0.533. The minimum atomic E-state index is -0.533. The molecule has 0 saturated heterocycles. The molecule has 6 heterocycles. The average molecular weight is 410 g/mol. The minimum Gasteiger partial charge on any atom is -0.456 e. The molecule has 0 radical (unpaired) electrons. The van der Waals surface area contributed by atoms with Crippen molar-refractivity contribution in [3.8, 4) is 22.8 Å². The summed E-state index contributed by atoms with van der Waals surface area (Å²) in [7, 11) is 0. The van der Waals surface area contributed by atoms with Crippen LogP contribution in [-0.2, 0) is 5.66 Å². The molecule has 3 aromatic heterocycles. The van der Waals surface area contributed by atoms with Gasteiger partial charge in [-0.15, -0.1) is 9.13 Å². The van der Waals surface area contributed by atoms with Gasteiger partial charge < -0.3 is 4.74 Å². The van der Waals surface area contributed by atoms with E-state index < -0.39 is 5.66 Å². The van der Waals surface area contributed by atoms with Crippen LogP contribution in [0, 0.1) is 0 Å². The molecule has 9 rings (SSSR count). The Morgan fingerprint density at radius 2 is 1.53 bits per heavy atom. The average Bonchev–Trinajstić information content (AvgIpc) is 3.34. The van der Waals surface area contributed by atoms with Crippen LogP contribution in [0.15, 0.2) is 85.5 Å². The number of nitrogens with zero attached hydrogens (tertiary/aromatic N) is 4. The first-order valence-corrected chi connectivity index (χ1v) is 10.8. The van der Waals surface area contributed by atoms with Gasteiger partial charge in [0.05, 0.1) is 21.9 Å². The maximum atomic E-state index is 6.56. The zero-order valence-corrected chi connectivity index (χ0v) is 16.8. The highest BCUT2D eigenvalue weighted by atomic mass is 16.5. The van der Waals surface area contributed by atoms with E-state index >= 15 is 0 Å². The highest BCUT2D eigenvalue weighted by Crippen LogP contribution is 2.57. The third-order valence-corrected chi connectivity index (χ3v) is 7.38. The summed E-state index contributed by atoms with van der Waals surface area (Å²) >= 11 is 0. The third kappa shape index (κ3) is 1.37. The predicted octanol–water partition coefficient (Wildman–Crippen LogP) is 4.21. The van der Waals surface area contributed by atoms with Gasteiger partial charge in [0.2, 0.25) is 11.2 Å². The fraction of sp³-hybridized carbons (Fsp3) is 0.0370. The second-order valence-corrected chi connectivity index (χ2v) is 8.66. The van der Waals surface area contributed by atoms with Crippen LogP contribution in [0.3, 0.4) is 0 Å². The molecular weight excluding hydrogens is 396 g/mol. The molecule has 0 saturated carbocycles. The van der Waals surface area contributed by atoms with Crippen LogP contribution in [0.5, 0.6) is 11.5 Å². The highest BCUT2D eigenvalue weighted by Gasteiger charge is 2.70. The van der Waals surface area contributed by atoms with Gasteiger partial charge in [0, 0.05) is 36.0 Å². The Morgan fingerprint density at radius 1 is 0.688 bits per heavy atom. The van der Waals surface area contributed by atoms with Crippen molar-refractivity contribution >= 4 is 32.7 Å². The smallest absolute Gasteiger partial charge is 0.425 e. The highest BCUT2D eigenvalue weighted by molar-refractivity contribution is 6.23. The first-order valence-electron chi connectivity index (χ1n) is 10.8. The van der Waals surface area contributed by atoms with Gasteiger partial charge in [0.25, 0.3) is 0 Å². The van der Waals surface area contributed by atoms with E-state index in [1.807, 2.05) is 0 Å². The number of fused-ring (bicyclic) bond motifs is 5. The van der Waals surface area contributed by atoms with E-state index in [0.717, 1.165) is 33.3 Å². The Labute approximate surface area is 181 Å². The van der Waals surface area contributed by atoms with E-state index in [0.29, 0.717) is 0 Å².